The van der Waals surface area contributed by atoms with Gasteiger partial charge in [-0.3, -0.25) is 10.3 Å². The number of urea groups is 1. The van der Waals surface area contributed by atoms with Gasteiger partial charge in [-0.1, -0.05) is 17.7 Å². The second kappa shape index (κ2) is 13.6. The molecule has 1 atom stereocenters. The summed E-state index contributed by atoms with van der Waals surface area (Å²) in [5.41, 5.74) is 2.15. The van der Waals surface area contributed by atoms with Crippen LogP contribution in [0.25, 0.3) is 0 Å². The summed E-state index contributed by atoms with van der Waals surface area (Å²) < 4.78 is 38.7. The van der Waals surface area contributed by atoms with Crippen molar-refractivity contribution in [2.45, 2.75) is 64.1 Å². The van der Waals surface area contributed by atoms with E-state index in [-0.39, 0.29) is 17.9 Å². The van der Waals surface area contributed by atoms with Crippen molar-refractivity contribution in [1.82, 2.24) is 15.5 Å². The first-order valence-corrected chi connectivity index (χ1v) is 12.5. The van der Waals surface area contributed by atoms with E-state index in [4.69, 9.17) is 27.4 Å². The summed E-state index contributed by atoms with van der Waals surface area (Å²) in [6.45, 7) is 5.68. The van der Waals surface area contributed by atoms with Crippen LogP contribution in [0, 0.1) is 10.8 Å². The minimum Gasteiger partial charge on any atom is -0.390 e. The summed E-state index contributed by atoms with van der Waals surface area (Å²) in [5.74, 6) is 0.445. The number of nitrogens with one attached hydrogen (secondary N) is 4. The number of hydrogen-bond donors (Lipinski definition) is 5. The van der Waals surface area contributed by atoms with Crippen molar-refractivity contribution < 1.29 is 23.1 Å². The molecule has 1 aliphatic carbocycles. The fourth-order valence-corrected chi connectivity index (χ4v) is 4.20. The third-order valence-electron chi connectivity index (χ3n) is 6.09. The van der Waals surface area contributed by atoms with E-state index in [1.165, 1.54) is 24.3 Å². The molecule has 1 heterocycles. The minimum atomic E-state index is -4.47. The maximum Gasteiger partial charge on any atom is 0.390 e. The number of hydrogen-bond acceptors (Lipinski definition) is 5. The molecule has 0 radical (unpaired) electrons. The Balaban J connectivity index is 0.00000247. The van der Waals surface area contributed by atoms with Crippen LogP contribution in [-0.4, -0.2) is 59.3 Å². The highest BCUT2D eigenvalue weighted by Gasteiger charge is 2.32. The van der Waals surface area contributed by atoms with E-state index in [1.54, 1.807) is 6.92 Å². The number of alkyl halides is 3. The Hall–Kier alpha value is -3.18. The SMILES string of the molecule is C=N.CC1=CCC(=NC2=C(CCNC(=O)N(CCC(F)(F)F)C(=N)c3ccc(Cl)cc3)CCC(C)(O)C2)N1. The van der Waals surface area contributed by atoms with Crippen LogP contribution in [-0.2, 0) is 0 Å². The molecule has 0 bridgehead atoms. The topological polar surface area (TPSA) is 125 Å². The van der Waals surface area contributed by atoms with Crippen LogP contribution in [0.3, 0.4) is 0 Å². The number of aliphatic hydroxyl groups is 1. The second-order valence-electron chi connectivity index (χ2n) is 9.35. The summed E-state index contributed by atoms with van der Waals surface area (Å²) in [6.07, 6.45) is -1.07. The first kappa shape index (κ1) is 31.0. The standard InChI is InChI=1S/C25H31ClF3N5O2.CH3N/c1-16-3-8-21(32-16)33-20-15-24(2,36)11-9-17(20)10-13-31-23(35)34(14-12-25(27,28)29)22(30)18-4-6-19(26)7-5-18;1-2/h3-7,30,36H,8-15H2,1-2H3,(H,31,35)(H,32,33);2H,1H2. The number of rotatable bonds is 7. The van der Waals surface area contributed by atoms with Crippen LogP contribution in [0.5, 0.6) is 0 Å². The van der Waals surface area contributed by atoms with Gasteiger partial charge in [-0.2, -0.15) is 13.2 Å². The van der Waals surface area contributed by atoms with Crippen LogP contribution >= 0.6 is 11.6 Å². The summed E-state index contributed by atoms with van der Waals surface area (Å²) >= 11 is 5.86. The van der Waals surface area contributed by atoms with Crippen molar-refractivity contribution in [3.63, 3.8) is 0 Å². The van der Waals surface area contributed by atoms with Crippen molar-refractivity contribution in [2.75, 3.05) is 13.1 Å². The molecule has 0 saturated carbocycles. The molecule has 1 unspecified atom stereocenters. The lowest BCUT2D eigenvalue weighted by molar-refractivity contribution is -0.135. The number of benzene rings is 1. The largest absolute Gasteiger partial charge is 0.390 e. The Morgan fingerprint density at radius 2 is 1.97 bits per heavy atom. The molecule has 0 spiro atoms. The zero-order valence-electron chi connectivity index (χ0n) is 21.5. The van der Waals surface area contributed by atoms with Crippen LogP contribution < -0.4 is 10.6 Å². The molecule has 0 fully saturated rings. The molecule has 0 saturated heterocycles. The van der Waals surface area contributed by atoms with Crippen molar-refractivity contribution >= 4 is 36.0 Å². The van der Waals surface area contributed by atoms with E-state index < -0.39 is 30.8 Å². The molecule has 1 aromatic carbocycles. The molecule has 0 aromatic heterocycles. The second-order valence-corrected chi connectivity index (χ2v) is 9.79. The number of aliphatic imine (C=N–C) groups is 1. The Bertz CT molecular complexity index is 1100. The lowest BCUT2D eigenvalue weighted by atomic mass is 9.83. The normalized spacial score (nSPS) is 20.3. The summed E-state index contributed by atoms with van der Waals surface area (Å²) in [7, 11) is 0. The van der Waals surface area contributed by atoms with Gasteiger partial charge in [0.1, 0.15) is 11.7 Å². The number of nitrogens with zero attached hydrogens (tertiary/aromatic N) is 2. The van der Waals surface area contributed by atoms with E-state index in [1.807, 2.05) is 13.0 Å². The van der Waals surface area contributed by atoms with E-state index in [2.05, 4.69) is 17.4 Å². The molecule has 12 heteroatoms. The van der Waals surface area contributed by atoms with E-state index >= 15 is 0 Å². The number of allylic oxidation sites excluding steroid dienone is 1. The maximum atomic E-state index is 12.9. The van der Waals surface area contributed by atoms with Gasteiger partial charge in [0, 0.05) is 47.9 Å². The van der Waals surface area contributed by atoms with Crippen molar-refractivity contribution in [3.8, 4) is 0 Å². The van der Waals surface area contributed by atoms with Crippen LogP contribution in [0.1, 0.15) is 57.9 Å². The van der Waals surface area contributed by atoms with Crippen molar-refractivity contribution in [1.29, 1.82) is 10.8 Å². The van der Waals surface area contributed by atoms with E-state index in [0.717, 1.165) is 27.7 Å². The summed E-state index contributed by atoms with van der Waals surface area (Å²) in [6, 6.07) is 5.20. The molecule has 5 N–H and O–H groups in total. The Morgan fingerprint density at radius 3 is 2.55 bits per heavy atom. The molecule has 208 valence electrons. The fourth-order valence-electron chi connectivity index (χ4n) is 4.08. The third-order valence-corrected chi connectivity index (χ3v) is 6.34. The van der Waals surface area contributed by atoms with Gasteiger partial charge in [-0.05, 0) is 69.7 Å². The van der Waals surface area contributed by atoms with E-state index in [0.29, 0.717) is 37.1 Å². The molecule has 1 aromatic rings. The lowest BCUT2D eigenvalue weighted by Gasteiger charge is -2.31. The molecular formula is C26H34ClF3N6O2. The summed E-state index contributed by atoms with van der Waals surface area (Å²) in [5, 5.41) is 30.6. The Kier molecular flexibility index (Phi) is 11.1. The Morgan fingerprint density at radius 1 is 1.32 bits per heavy atom. The van der Waals surface area contributed by atoms with Crippen LogP contribution in [0.15, 0.2) is 52.3 Å². The highest BCUT2D eigenvalue weighted by Crippen LogP contribution is 2.35. The molecular weight excluding hydrogens is 521 g/mol. The molecule has 1 aliphatic heterocycles. The van der Waals surface area contributed by atoms with E-state index in [9.17, 15) is 23.1 Å². The lowest BCUT2D eigenvalue weighted by Crippen LogP contribution is -2.45. The number of carbonyl (C=O) groups is 1. The first-order chi connectivity index (χ1) is 17.8. The fraction of sp³-hybridized carbons (Fsp3) is 0.462. The predicted molar refractivity (Wildman–Crippen MR) is 144 cm³/mol. The Labute approximate surface area is 225 Å². The summed E-state index contributed by atoms with van der Waals surface area (Å²) in [4.78, 5) is 18.4. The molecule has 2 aliphatic rings. The molecule has 2 amide bonds. The number of amidine groups is 2. The number of halogens is 4. The maximum absolute atomic E-state index is 12.9. The first-order valence-electron chi connectivity index (χ1n) is 12.1. The van der Waals surface area contributed by atoms with Crippen molar-refractivity contribution in [2.24, 2.45) is 4.99 Å². The average Bonchev–Trinajstić information content (AvgIpc) is 3.25. The van der Waals surface area contributed by atoms with Crippen molar-refractivity contribution in [3.05, 3.63) is 57.9 Å². The van der Waals surface area contributed by atoms with Gasteiger partial charge in [-0.25, -0.2) is 9.79 Å². The highest BCUT2D eigenvalue weighted by molar-refractivity contribution is 6.30. The quantitative estimate of drug-likeness (QED) is 0.217. The van der Waals surface area contributed by atoms with Crippen LogP contribution in [0.4, 0.5) is 18.0 Å². The number of amides is 2. The van der Waals surface area contributed by atoms with Gasteiger partial charge in [0.15, 0.2) is 0 Å². The molecule has 38 heavy (non-hydrogen) atoms. The molecule has 3 rings (SSSR count). The average molecular weight is 555 g/mol. The predicted octanol–water partition coefficient (Wildman–Crippen LogP) is 5.77. The van der Waals surface area contributed by atoms with Gasteiger partial charge in [0.05, 0.1) is 12.0 Å². The smallest absolute Gasteiger partial charge is 0.390 e. The van der Waals surface area contributed by atoms with Gasteiger partial charge < -0.3 is 21.1 Å². The molecule has 8 nitrogen and oxygen atoms in total. The number of carbonyl (C=O) groups excluding carboxylic acids is 1. The monoisotopic (exact) mass is 554 g/mol. The minimum absolute atomic E-state index is 0.159. The van der Waals surface area contributed by atoms with Gasteiger partial charge >= 0.3 is 12.2 Å². The zero-order valence-corrected chi connectivity index (χ0v) is 22.3. The van der Waals surface area contributed by atoms with Gasteiger partial charge in [0.25, 0.3) is 0 Å². The highest BCUT2D eigenvalue weighted by atomic mass is 35.5. The zero-order chi connectivity index (χ0) is 28.5. The third kappa shape index (κ3) is 9.60. The van der Waals surface area contributed by atoms with Gasteiger partial charge in [-0.15, -0.1) is 0 Å². The van der Waals surface area contributed by atoms with Crippen LogP contribution in [0.2, 0.25) is 5.02 Å². The van der Waals surface area contributed by atoms with Gasteiger partial charge in [0.2, 0.25) is 0 Å².